The highest BCUT2D eigenvalue weighted by Gasteiger charge is 2.56. The average molecular weight is 461 g/mol. The summed E-state index contributed by atoms with van der Waals surface area (Å²) in [6.07, 6.45) is -8.11. The standard InChI is InChI=1S/C22H36O10/c1-20(2,3)17(25)30-11-12(31-18(26)21(4,5)6)14(32-19(27)22(7,8)9)16(24)29-13(11)15(23)28-10/h11-14,16,24H,1-10H3/t11-,12-,13+,14+,16+/m0/s1. The van der Waals surface area contributed by atoms with Gasteiger partial charge in [0.15, 0.2) is 30.7 Å². The highest BCUT2D eigenvalue weighted by atomic mass is 16.7. The lowest BCUT2D eigenvalue weighted by Crippen LogP contribution is -2.64. The first-order chi connectivity index (χ1) is 14.3. The number of ether oxygens (including phenoxy) is 5. The minimum Gasteiger partial charge on any atom is -0.467 e. The summed E-state index contributed by atoms with van der Waals surface area (Å²) in [7, 11) is 1.09. The van der Waals surface area contributed by atoms with Crippen LogP contribution in [0.2, 0.25) is 0 Å². The van der Waals surface area contributed by atoms with Crippen molar-refractivity contribution < 1.29 is 48.0 Å². The number of hydrogen-bond acceptors (Lipinski definition) is 10. The number of hydrogen-bond donors (Lipinski definition) is 1. The van der Waals surface area contributed by atoms with Gasteiger partial charge in [-0.25, -0.2) is 4.79 Å². The predicted octanol–water partition coefficient (Wildman–Crippen LogP) is 1.75. The Balaban J connectivity index is 3.51. The molecule has 1 aliphatic rings. The summed E-state index contributed by atoms with van der Waals surface area (Å²) < 4.78 is 26.5. The van der Waals surface area contributed by atoms with E-state index in [-0.39, 0.29) is 0 Å². The fourth-order valence-electron chi connectivity index (χ4n) is 2.42. The number of rotatable bonds is 4. The topological polar surface area (TPSA) is 135 Å². The van der Waals surface area contributed by atoms with Gasteiger partial charge in [0.2, 0.25) is 0 Å². The number of esters is 4. The van der Waals surface area contributed by atoms with Crippen LogP contribution in [0.5, 0.6) is 0 Å². The van der Waals surface area contributed by atoms with Crippen molar-refractivity contribution in [1.82, 2.24) is 0 Å². The molecule has 1 N–H and O–H groups in total. The highest BCUT2D eigenvalue weighted by Crippen LogP contribution is 2.33. The summed E-state index contributed by atoms with van der Waals surface area (Å²) in [5.41, 5.74) is -2.93. The Morgan fingerprint density at radius 3 is 1.34 bits per heavy atom. The number of carbonyl (C=O) groups is 4. The molecule has 184 valence electrons. The molecule has 32 heavy (non-hydrogen) atoms. The molecule has 0 amide bonds. The fraction of sp³-hybridized carbons (Fsp3) is 0.818. The molecule has 0 aliphatic carbocycles. The molecular weight excluding hydrogens is 424 g/mol. The van der Waals surface area contributed by atoms with Crippen LogP contribution in [-0.2, 0) is 42.9 Å². The smallest absolute Gasteiger partial charge is 0.339 e. The number of carbonyl (C=O) groups excluding carboxylic acids is 4. The van der Waals surface area contributed by atoms with Crippen LogP contribution in [0.25, 0.3) is 0 Å². The van der Waals surface area contributed by atoms with Crippen molar-refractivity contribution in [2.24, 2.45) is 16.2 Å². The van der Waals surface area contributed by atoms with E-state index in [9.17, 15) is 24.3 Å². The maximum Gasteiger partial charge on any atom is 0.339 e. The number of methoxy groups -OCH3 is 1. The van der Waals surface area contributed by atoms with Crippen LogP contribution in [0.1, 0.15) is 62.3 Å². The van der Waals surface area contributed by atoms with E-state index in [4.69, 9.17) is 23.7 Å². The van der Waals surface area contributed by atoms with Crippen molar-refractivity contribution >= 4 is 23.9 Å². The van der Waals surface area contributed by atoms with Crippen LogP contribution in [0.3, 0.4) is 0 Å². The molecule has 1 aliphatic heterocycles. The first-order valence-corrected chi connectivity index (χ1v) is 10.3. The lowest BCUT2D eigenvalue weighted by atomic mass is 9.93. The molecule has 1 saturated heterocycles. The minimum atomic E-state index is -1.85. The summed E-state index contributed by atoms with van der Waals surface area (Å²) in [5.74, 6) is -3.14. The van der Waals surface area contributed by atoms with Crippen LogP contribution in [0.4, 0.5) is 0 Å². The van der Waals surface area contributed by atoms with Gasteiger partial charge < -0.3 is 28.8 Å². The van der Waals surface area contributed by atoms with Gasteiger partial charge in [-0.1, -0.05) is 0 Å². The SMILES string of the molecule is COC(=O)[C@@H]1O[C@@H](O)[C@H](OC(=O)C(C)(C)C)[C@@H](OC(=O)C(C)(C)C)[C@@H]1OC(=O)C(C)(C)C. The second kappa shape index (κ2) is 9.74. The number of aliphatic hydroxyl groups is 1. The summed E-state index contributed by atoms with van der Waals surface area (Å²) >= 11 is 0. The zero-order valence-electron chi connectivity index (χ0n) is 20.5. The molecule has 5 atom stereocenters. The Morgan fingerprint density at radius 1 is 0.656 bits per heavy atom. The molecule has 0 spiro atoms. The first kappa shape index (κ1) is 27.8. The van der Waals surface area contributed by atoms with Gasteiger partial charge in [0, 0.05) is 0 Å². The first-order valence-electron chi connectivity index (χ1n) is 10.3. The molecule has 1 heterocycles. The van der Waals surface area contributed by atoms with Crippen LogP contribution in [0, 0.1) is 16.2 Å². The summed E-state index contributed by atoms with van der Waals surface area (Å²) in [6.45, 7) is 14.3. The largest absolute Gasteiger partial charge is 0.467 e. The van der Waals surface area contributed by atoms with E-state index in [1.54, 1.807) is 62.3 Å². The molecule has 0 radical (unpaired) electrons. The molecule has 0 aromatic carbocycles. The maximum absolute atomic E-state index is 12.7. The van der Waals surface area contributed by atoms with Gasteiger partial charge in [-0.05, 0) is 62.3 Å². The molecule has 10 nitrogen and oxygen atoms in total. The van der Waals surface area contributed by atoms with Gasteiger partial charge in [-0.2, -0.15) is 0 Å². The fourth-order valence-corrected chi connectivity index (χ4v) is 2.42. The predicted molar refractivity (Wildman–Crippen MR) is 111 cm³/mol. The Morgan fingerprint density at radius 2 is 1.00 bits per heavy atom. The summed E-state index contributed by atoms with van der Waals surface area (Å²) in [5, 5.41) is 10.6. The quantitative estimate of drug-likeness (QED) is 0.488. The van der Waals surface area contributed by atoms with Crippen molar-refractivity contribution in [2.75, 3.05) is 7.11 Å². The Labute approximate surface area is 188 Å². The van der Waals surface area contributed by atoms with Crippen molar-refractivity contribution in [3.63, 3.8) is 0 Å². The average Bonchev–Trinajstić information content (AvgIpc) is 2.62. The van der Waals surface area contributed by atoms with E-state index in [0.717, 1.165) is 7.11 Å². The van der Waals surface area contributed by atoms with E-state index in [0.29, 0.717) is 0 Å². The van der Waals surface area contributed by atoms with Crippen LogP contribution >= 0.6 is 0 Å². The third-order valence-electron chi connectivity index (χ3n) is 4.51. The normalized spacial score (nSPS) is 26.7. The van der Waals surface area contributed by atoms with Gasteiger partial charge in [-0.3, -0.25) is 14.4 Å². The second-order valence-electron chi connectivity index (χ2n) is 10.8. The van der Waals surface area contributed by atoms with Gasteiger partial charge >= 0.3 is 23.9 Å². The molecule has 0 saturated carbocycles. The van der Waals surface area contributed by atoms with E-state index in [1.807, 2.05) is 0 Å². The Hall–Kier alpha value is -2.20. The lowest BCUT2D eigenvalue weighted by Gasteiger charge is -2.43. The van der Waals surface area contributed by atoms with E-state index in [2.05, 4.69) is 0 Å². The molecule has 1 rings (SSSR count). The van der Waals surface area contributed by atoms with E-state index < -0.39 is 70.8 Å². The molecule has 0 bridgehead atoms. The van der Waals surface area contributed by atoms with Crippen molar-refractivity contribution in [3.05, 3.63) is 0 Å². The summed E-state index contributed by atoms with van der Waals surface area (Å²) in [4.78, 5) is 50.3. The molecule has 1 fully saturated rings. The monoisotopic (exact) mass is 460 g/mol. The van der Waals surface area contributed by atoms with Crippen molar-refractivity contribution in [3.8, 4) is 0 Å². The van der Waals surface area contributed by atoms with Crippen molar-refractivity contribution in [1.29, 1.82) is 0 Å². The molecule has 0 aromatic heterocycles. The van der Waals surface area contributed by atoms with Crippen LogP contribution < -0.4 is 0 Å². The van der Waals surface area contributed by atoms with Gasteiger partial charge in [-0.15, -0.1) is 0 Å². The van der Waals surface area contributed by atoms with Gasteiger partial charge in [0.25, 0.3) is 0 Å². The van der Waals surface area contributed by atoms with Crippen LogP contribution in [-0.4, -0.2) is 66.8 Å². The highest BCUT2D eigenvalue weighted by molar-refractivity contribution is 5.80. The lowest BCUT2D eigenvalue weighted by molar-refractivity contribution is -0.294. The molecule has 0 unspecified atom stereocenters. The third-order valence-corrected chi connectivity index (χ3v) is 4.51. The third kappa shape index (κ3) is 6.90. The van der Waals surface area contributed by atoms with Crippen LogP contribution in [0.15, 0.2) is 0 Å². The number of aliphatic hydroxyl groups excluding tert-OH is 1. The zero-order valence-corrected chi connectivity index (χ0v) is 20.5. The summed E-state index contributed by atoms with van der Waals surface area (Å²) in [6, 6.07) is 0. The van der Waals surface area contributed by atoms with Gasteiger partial charge in [0.05, 0.1) is 23.4 Å². The zero-order chi connectivity index (χ0) is 25.2. The molecular formula is C22H36O10. The van der Waals surface area contributed by atoms with E-state index >= 15 is 0 Å². The van der Waals surface area contributed by atoms with Crippen molar-refractivity contribution in [2.45, 2.75) is 93.0 Å². The second-order valence-corrected chi connectivity index (χ2v) is 10.8. The van der Waals surface area contributed by atoms with E-state index in [1.165, 1.54) is 0 Å². The molecule has 10 heteroatoms. The Bertz CT molecular complexity index is 722. The van der Waals surface area contributed by atoms with Gasteiger partial charge in [0.1, 0.15) is 0 Å². The maximum atomic E-state index is 12.7. The molecule has 0 aromatic rings. The Kier molecular flexibility index (Phi) is 8.47. The minimum absolute atomic E-state index is 0.723.